The summed E-state index contributed by atoms with van der Waals surface area (Å²) in [5.41, 5.74) is -1.57. The Bertz CT molecular complexity index is 477. The lowest BCUT2D eigenvalue weighted by Crippen LogP contribution is -2.43. The van der Waals surface area contributed by atoms with E-state index in [0.29, 0.717) is 12.0 Å². The van der Waals surface area contributed by atoms with Gasteiger partial charge in [0.25, 0.3) is 0 Å². The van der Waals surface area contributed by atoms with Gasteiger partial charge < -0.3 is 5.11 Å². The fourth-order valence-electron chi connectivity index (χ4n) is 2.29. The maximum Gasteiger partial charge on any atom is 0.453 e. The SMILES string of the molecule is CC(C)Cc1ccccc1C(C)(O)CC(F)(F)C(F)(F)F. The molecule has 0 amide bonds. The first-order chi connectivity index (χ1) is 9.37. The highest BCUT2D eigenvalue weighted by Crippen LogP contribution is 2.44. The summed E-state index contributed by atoms with van der Waals surface area (Å²) in [7, 11) is 0. The summed E-state index contributed by atoms with van der Waals surface area (Å²) in [6.07, 6.45) is -6.88. The van der Waals surface area contributed by atoms with Crippen LogP contribution in [-0.4, -0.2) is 17.2 Å². The predicted molar refractivity (Wildman–Crippen MR) is 70.2 cm³/mol. The second-order valence-corrected chi connectivity index (χ2v) is 5.91. The van der Waals surface area contributed by atoms with E-state index < -0.39 is 24.1 Å². The van der Waals surface area contributed by atoms with Crippen molar-refractivity contribution >= 4 is 0 Å². The molecule has 1 rings (SSSR count). The Kier molecular flexibility index (Phi) is 5.03. The summed E-state index contributed by atoms with van der Waals surface area (Å²) in [6, 6.07) is 6.21. The van der Waals surface area contributed by atoms with Crippen LogP contribution in [0.1, 0.15) is 38.3 Å². The van der Waals surface area contributed by atoms with Crippen LogP contribution >= 0.6 is 0 Å². The minimum absolute atomic E-state index is 0.114. The molecule has 0 radical (unpaired) electrons. The summed E-state index contributed by atoms with van der Waals surface area (Å²) in [5.74, 6) is -4.76. The van der Waals surface area contributed by atoms with Gasteiger partial charge in [0.2, 0.25) is 0 Å². The standard InChI is InChI=1S/C15H19F5O/c1-10(2)8-11-6-4-5-7-12(11)13(3,21)9-14(16,17)15(18,19)20/h4-7,10,21H,8-9H2,1-3H3. The van der Waals surface area contributed by atoms with Gasteiger partial charge >= 0.3 is 12.1 Å². The molecular weight excluding hydrogens is 291 g/mol. The molecule has 6 heteroatoms. The molecule has 0 saturated carbocycles. The number of benzene rings is 1. The summed E-state index contributed by atoms with van der Waals surface area (Å²) < 4.78 is 63.4. The average Bonchev–Trinajstić information content (AvgIpc) is 2.25. The molecule has 0 saturated heterocycles. The quantitative estimate of drug-likeness (QED) is 0.783. The highest BCUT2D eigenvalue weighted by molar-refractivity contribution is 5.32. The third-order valence-corrected chi connectivity index (χ3v) is 3.21. The van der Waals surface area contributed by atoms with Crippen LogP contribution in [0.3, 0.4) is 0 Å². The summed E-state index contributed by atoms with van der Waals surface area (Å²) >= 11 is 0. The van der Waals surface area contributed by atoms with Crippen LogP contribution in [0.4, 0.5) is 22.0 Å². The Labute approximate surface area is 120 Å². The number of hydrogen-bond acceptors (Lipinski definition) is 1. The van der Waals surface area contributed by atoms with Crippen molar-refractivity contribution in [2.75, 3.05) is 0 Å². The van der Waals surface area contributed by atoms with Crippen molar-refractivity contribution < 1.29 is 27.1 Å². The van der Waals surface area contributed by atoms with Crippen LogP contribution in [0, 0.1) is 5.92 Å². The third kappa shape index (κ3) is 4.40. The molecule has 0 bridgehead atoms. The van der Waals surface area contributed by atoms with Gasteiger partial charge in [0, 0.05) is 0 Å². The monoisotopic (exact) mass is 310 g/mol. The molecule has 1 nitrogen and oxygen atoms in total. The topological polar surface area (TPSA) is 20.2 Å². The van der Waals surface area contributed by atoms with Gasteiger partial charge in [0.1, 0.15) is 0 Å². The van der Waals surface area contributed by atoms with Gasteiger partial charge in [-0.05, 0) is 30.4 Å². The second-order valence-electron chi connectivity index (χ2n) is 5.91. The van der Waals surface area contributed by atoms with Gasteiger partial charge in [0.15, 0.2) is 0 Å². The first-order valence-corrected chi connectivity index (χ1v) is 6.62. The number of aliphatic hydroxyl groups is 1. The summed E-state index contributed by atoms with van der Waals surface area (Å²) in [5, 5.41) is 10.2. The fourth-order valence-corrected chi connectivity index (χ4v) is 2.29. The number of halogens is 5. The van der Waals surface area contributed by atoms with E-state index in [1.54, 1.807) is 12.1 Å². The van der Waals surface area contributed by atoms with Gasteiger partial charge in [-0.1, -0.05) is 38.1 Å². The van der Waals surface area contributed by atoms with Crippen molar-refractivity contribution in [2.24, 2.45) is 5.92 Å². The molecule has 0 aliphatic carbocycles. The summed E-state index contributed by atoms with van der Waals surface area (Å²) in [6.45, 7) is 4.79. The molecule has 0 aliphatic rings. The van der Waals surface area contributed by atoms with E-state index in [1.165, 1.54) is 12.1 Å². The van der Waals surface area contributed by atoms with Crippen molar-refractivity contribution in [2.45, 2.75) is 51.3 Å². The largest absolute Gasteiger partial charge is 0.453 e. The van der Waals surface area contributed by atoms with Crippen LogP contribution in [0.2, 0.25) is 0 Å². The lowest BCUT2D eigenvalue weighted by molar-refractivity contribution is -0.297. The van der Waals surface area contributed by atoms with Gasteiger partial charge in [0.05, 0.1) is 12.0 Å². The minimum Gasteiger partial charge on any atom is -0.385 e. The molecule has 120 valence electrons. The molecule has 1 atom stereocenters. The molecule has 0 heterocycles. The van der Waals surface area contributed by atoms with E-state index in [2.05, 4.69) is 0 Å². The zero-order valence-electron chi connectivity index (χ0n) is 12.1. The van der Waals surface area contributed by atoms with Crippen LogP contribution in [0.5, 0.6) is 0 Å². The normalized spacial score (nSPS) is 16.1. The van der Waals surface area contributed by atoms with Gasteiger partial charge in [-0.3, -0.25) is 0 Å². The maximum absolute atomic E-state index is 13.2. The lowest BCUT2D eigenvalue weighted by atomic mass is 9.84. The van der Waals surface area contributed by atoms with Gasteiger partial charge in [-0.2, -0.15) is 22.0 Å². The highest BCUT2D eigenvalue weighted by atomic mass is 19.4. The molecule has 0 spiro atoms. The third-order valence-electron chi connectivity index (χ3n) is 3.21. The van der Waals surface area contributed by atoms with Crippen molar-refractivity contribution in [1.82, 2.24) is 0 Å². The van der Waals surface area contributed by atoms with Crippen molar-refractivity contribution in [1.29, 1.82) is 0 Å². The molecule has 21 heavy (non-hydrogen) atoms. The average molecular weight is 310 g/mol. The van der Waals surface area contributed by atoms with Crippen molar-refractivity contribution in [3.05, 3.63) is 35.4 Å². The smallest absolute Gasteiger partial charge is 0.385 e. The van der Waals surface area contributed by atoms with Crippen LogP contribution in [-0.2, 0) is 12.0 Å². The lowest BCUT2D eigenvalue weighted by Gasteiger charge is -2.31. The molecule has 0 aromatic heterocycles. The van der Waals surface area contributed by atoms with E-state index in [9.17, 15) is 27.1 Å². The van der Waals surface area contributed by atoms with Crippen LogP contribution in [0.15, 0.2) is 24.3 Å². The molecule has 1 aromatic rings. The van der Waals surface area contributed by atoms with E-state index in [-0.39, 0.29) is 11.5 Å². The van der Waals surface area contributed by atoms with Crippen LogP contribution in [0.25, 0.3) is 0 Å². The Morgan fingerprint density at radius 2 is 1.57 bits per heavy atom. The fraction of sp³-hybridized carbons (Fsp3) is 0.600. The first kappa shape index (κ1) is 17.9. The maximum atomic E-state index is 13.2. The Hall–Kier alpha value is -1.17. The molecule has 0 aliphatic heterocycles. The van der Waals surface area contributed by atoms with E-state index >= 15 is 0 Å². The zero-order chi connectivity index (χ0) is 16.5. The Balaban J connectivity index is 3.14. The number of rotatable bonds is 5. The first-order valence-electron chi connectivity index (χ1n) is 6.62. The highest BCUT2D eigenvalue weighted by Gasteiger charge is 2.60. The molecule has 0 fully saturated rings. The van der Waals surface area contributed by atoms with E-state index in [4.69, 9.17) is 0 Å². The zero-order valence-corrected chi connectivity index (χ0v) is 12.1. The second kappa shape index (κ2) is 5.91. The number of alkyl halides is 5. The van der Waals surface area contributed by atoms with Gasteiger partial charge in [-0.25, -0.2) is 0 Å². The molecule has 1 aromatic carbocycles. The Morgan fingerprint density at radius 3 is 2.05 bits per heavy atom. The van der Waals surface area contributed by atoms with Crippen molar-refractivity contribution in [3.8, 4) is 0 Å². The number of hydrogen-bond donors (Lipinski definition) is 1. The summed E-state index contributed by atoms with van der Waals surface area (Å²) in [4.78, 5) is 0. The predicted octanol–water partition coefficient (Wildman–Crippen LogP) is 4.68. The van der Waals surface area contributed by atoms with Crippen LogP contribution < -0.4 is 0 Å². The molecule has 1 unspecified atom stereocenters. The van der Waals surface area contributed by atoms with Gasteiger partial charge in [-0.15, -0.1) is 0 Å². The van der Waals surface area contributed by atoms with E-state index in [1.807, 2.05) is 13.8 Å². The van der Waals surface area contributed by atoms with E-state index in [0.717, 1.165) is 6.92 Å². The van der Waals surface area contributed by atoms with Crippen molar-refractivity contribution in [3.63, 3.8) is 0 Å². The Morgan fingerprint density at radius 1 is 1.05 bits per heavy atom. The molecule has 1 N–H and O–H groups in total. The minimum atomic E-state index is -5.68. The molecular formula is C15H19F5O.